The van der Waals surface area contributed by atoms with Crippen molar-refractivity contribution in [1.29, 1.82) is 0 Å². The van der Waals surface area contributed by atoms with E-state index < -0.39 is 0 Å². The average Bonchev–Trinajstić information content (AvgIpc) is 3.00. The number of benzene rings is 1. The Balaban J connectivity index is 1.81. The molecule has 2 aromatic rings. The first kappa shape index (κ1) is 14.7. The minimum Gasteiger partial charge on any atom is -0.293 e. The van der Waals surface area contributed by atoms with Gasteiger partial charge in [0.05, 0.1) is 5.54 Å². The zero-order valence-corrected chi connectivity index (χ0v) is 14.5. The van der Waals surface area contributed by atoms with E-state index in [-0.39, 0.29) is 0 Å². The summed E-state index contributed by atoms with van der Waals surface area (Å²) in [5.41, 5.74) is 0.322. The lowest BCUT2D eigenvalue weighted by atomic mass is 9.71. The van der Waals surface area contributed by atoms with Gasteiger partial charge in [0, 0.05) is 9.58 Å². The van der Waals surface area contributed by atoms with Gasteiger partial charge in [0.2, 0.25) is 0 Å². The summed E-state index contributed by atoms with van der Waals surface area (Å²) in [7, 11) is 0. The zero-order valence-electron chi connectivity index (χ0n) is 13.7. The molecule has 1 aromatic heterocycles. The molecule has 0 N–H and O–H groups in total. The molecule has 2 aliphatic rings. The second kappa shape index (κ2) is 5.98. The van der Waals surface area contributed by atoms with Gasteiger partial charge in [0.1, 0.15) is 0 Å². The molecular formula is C20H27NS. The van der Waals surface area contributed by atoms with E-state index in [9.17, 15) is 0 Å². The molecular weight excluding hydrogens is 286 g/mol. The van der Waals surface area contributed by atoms with Crippen LogP contribution in [0.5, 0.6) is 0 Å². The summed E-state index contributed by atoms with van der Waals surface area (Å²) in [6.07, 6.45) is 9.77. The highest BCUT2D eigenvalue weighted by molar-refractivity contribution is 7.19. The fourth-order valence-electron chi connectivity index (χ4n) is 4.81. The van der Waals surface area contributed by atoms with Crippen LogP contribution in [0, 0.1) is 5.92 Å². The Hall–Kier alpha value is -0.860. The van der Waals surface area contributed by atoms with E-state index in [0.29, 0.717) is 5.54 Å². The van der Waals surface area contributed by atoms with E-state index in [4.69, 9.17) is 0 Å². The fourth-order valence-corrected chi connectivity index (χ4v) is 6.23. The van der Waals surface area contributed by atoms with Crippen molar-refractivity contribution >= 4 is 21.4 Å². The maximum Gasteiger partial charge on any atom is 0.0579 e. The van der Waals surface area contributed by atoms with Crippen molar-refractivity contribution in [3.63, 3.8) is 0 Å². The van der Waals surface area contributed by atoms with Gasteiger partial charge < -0.3 is 0 Å². The van der Waals surface area contributed by atoms with E-state index in [1.807, 2.05) is 0 Å². The van der Waals surface area contributed by atoms with Gasteiger partial charge in [0.25, 0.3) is 0 Å². The molecule has 1 saturated carbocycles. The van der Waals surface area contributed by atoms with Gasteiger partial charge in [-0.15, -0.1) is 11.3 Å². The lowest BCUT2D eigenvalue weighted by Gasteiger charge is -2.51. The van der Waals surface area contributed by atoms with Crippen molar-refractivity contribution in [2.75, 3.05) is 13.1 Å². The van der Waals surface area contributed by atoms with Crippen molar-refractivity contribution in [2.24, 2.45) is 5.92 Å². The number of hydrogen-bond donors (Lipinski definition) is 0. The maximum atomic E-state index is 2.87. The lowest BCUT2D eigenvalue weighted by molar-refractivity contribution is -0.00811. The van der Waals surface area contributed by atoms with Crippen LogP contribution >= 0.6 is 11.3 Å². The molecule has 2 unspecified atom stereocenters. The number of piperidine rings is 1. The van der Waals surface area contributed by atoms with Crippen molar-refractivity contribution in [2.45, 2.75) is 57.4 Å². The Morgan fingerprint density at radius 3 is 2.64 bits per heavy atom. The number of likely N-dealkylation sites (tertiary alicyclic amines) is 1. The van der Waals surface area contributed by atoms with Crippen molar-refractivity contribution < 1.29 is 0 Å². The monoisotopic (exact) mass is 313 g/mol. The maximum absolute atomic E-state index is 2.87. The van der Waals surface area contributed by atoms with Crippen LogP contribution in [-0.4, -0.2) is 18.0 Å². The smallest absolute Gasteiger partial charge is 0.0579 e. The molecule has 2 heteroatoms. The third kappa shape index (κ3) is 2.32. The highest BCUT2D eigenvalue weighted by Gasteiger charge is 2.45. The summed E-state index contributed by atoms with van der Waals surface area (Å²) in [5.74, 6) is 0.785. The summed E-state index contributed by atoms with van der Waals surface area (Å²) in [6.45, 7) is 5.12. The van der Waals surface area contributed by atoms with Gasteiger partial charge in [-0.25, -0.2) is 0 Å². The highest BCUT2D eigenvalue weighted by Crippen LogP contribution is 2.50. The number of rotatable bonds is 2. The molecule has 0 amide bonds. The molecule has 22 heavy (non-hydrogen) atoms. The van der Waals surface area contributed by atoms with Crippen LogP contribution in [0.2, 0.25) is 0 Å². The molecule has 2 atom stereocenters. The van der Waals surface area contributed by atoms with Crippen molar-refractivity contribution in [3.05, 3.63) is 35.2 Å². The van der Waals surface area contributed by atoms with Gasteiger partial charge in [0.15, 0.2) is 0 Å². The fraction of sp³-hybridized carbons (Fsp3) is 0.600. The van der Waals surface area contributed by atoms with Crippen LogP contribution in [0.1, 0.15) is 56.7 Å². The Morgan fingerprint density at radius 2 is 1.86 bits per heavy atom. The van der Waals surface area contributed by atoms with E-state index in [1.54, 1.807) is 4.88 Å². The second-order valence-corrected chi connectivity index (χ2v) is 8.35. The van der Waals surface area contributed by atoms with E-state index in [1.165, 1.54) is 68.1 Å². The summed E-state index contributed by atoms with van der Waals surface area (Å²) >= 11 is 2.06. The zero-order chi connectivity index (χ0) is 15.0. The number of hydrogen-bond acceptors (Lipinski definition) is 2. The predicted octanol–water partition coefficient (Wildman–Crippen LogP) is 5.79. The van der Waals surface area contributed by atoms with E-state index >= 15 is 0 Å². The Labute approximate surface area is 138 Å². The molecule has 2 heterocycles. The van der Waals surface area contributed by atoms with Crippen LogP contribution in [0.3, 0.4) is 0 Å². The number of thiophene rings is 1. The first-order valence-electron chi connectivity index (χ1n) is 9.05. The lowest BCUT2D eigenvalue weighted by Crippen LogP contribution is -2.53. The largest absolute Gasteiger partial charge is 0.293 e. The van der Waals surface area contributed by atoms with Gasteiger partial charge in [-0.1, -0.05) is 44.4 Å². The summed E-state index contributed by atoms with van der Waals surface area (Å²) in [6, 6.07) is 11.4. The molecule has 1 saturated heterocycles. The first-order valence-corrected chi connectivity index (χ1v) is 9.86. The Kier molecular flexibility index (Phi) is 4.00. The SMILES string of the molecule is CC1CCCCC1(c1cc2ccccc2s1)N1CCCCC1. The molecule has 0 radical (unpaired) electrons. The first-order chi connectivity index (χ1) is 10.8. The summed E-state index contributed by atoms with van der Waals surface area (Å²) in [5, 5.41) is 1.44. The second-order valence-electron chi connectivity index (χ2n) is 7.27. The normalized spacial score (nSPS) is 30.7. The minimum absolute atomic E-state index is 0.322. The standard InChI is InChI=1S/C20H27NS/c1-16-9-5-6-12-20(16,21-13-7-2-8-14-21)19-15-17-10-3-4-11-18(17)22-19/h3-4,10-11,15-16H,2,5-9,12-14H2,1H3. The van der Waals surface area contributed by atoms with Crippen LogP contribution in [-0.2, 0) is 5.54 Å². The third-order valence-electron chi connectivity index (χ3n) is 6.03. The van der Waals surface area contributed by atoms with Gasteiger partial charge in [-0.05, 0) is 62.2 Å². The Bertz CT molecular complexity index is 607. The van der Waals surface area contributed by atoms with Crippen LogP contribution in [0.25, 0.3) is 10.1 Å². The van der Waals surface area contributed by atoms with Crippen molar-refractivity contribution in [3.8, 4) is 0 Å². The molecule has 0 bridgehead atoms. The minimum atomic E-state index is 0.322. The quantitative estimate of drug-likeness (QED) is 0.678. The molecule has 2 fully saturated rings. The van der Waals surface area contributed by atoms with E-state index in [0.717, 1.165) is 5.92 Å². The molecule has 4 rings (SSSR count). The van der Waals surface area contributed by atoms with Gasteiger partial charge in [-0.3, -0.25) is 4.90 Å². The van der Waals surface area contributed by atoms with Crippen molar-refractivity contribution in [1.82, 2.24) is 4.90 Å². The summed E-state index contributed by atoms with van der Waals surface area (Å²) in [4.78, 5) is 4.51. The van der Waals surface area contributed by atoms with Crippen LogP contribution in [0.15, 0.2) is 30.3 Å². The molecule has 1 aromatic carbocycles. The average molecular weight is 314 g/mol. The molecule has 0 spiro atoms. The molecule has 118 valence electrons. The highest BCUT2D eigenvalue weighted by atomic mass is 32.1. The number of fused-ring (bicyclic) bond motifs is 1. The Morgan fingerprint density at radius 1 is 1.05 bits per heavy atom. The van der Waals surface area contributed by atoms with Gasteiger partial charge in [-0.2, -0.15) is 0 Å². The van der Waals surface area contributed by atoms with Crippen LogP contribution in [0.4, 0.5) is 0 Å². The van der Waals surface area contributed by atoms with Crippen LogP contribution < -0.4 is 0 Å². The third-order valence-corrected chi connectivity index (χ3v) is 7.32. The molecule has 1 aliphatic carbocycles. The molecule has 1 nitrogen and oxygen atoms in total. The molecule has 1 aliphatic heterocycles. The predicted molar refractivity (Wildman–Crippen MR) is 96.6 cm³/mol. The summed E-state index contributed by atoms with van der Waals surface area (Å²) < 4.78 is 1.46. The topological polar surface area (TPSA) is 3.24 Å². The number of nitrogens with zero attached hydrogens (tertiary/aromatic N) is 1. The van der Waals surface area contributed by atoms with Gasteiger partial charge >= 0.3 is 0 Å². The van der Waals surface area contributed by atoms with E-state index in [2.05, 4.69) is 53.5 Å².